The number of hydrogen-bond acceptors (Lipinski definition) is 9. The molecule has 0 aromatic heterocycles. The highest BCUT2D eigenvalue weighted by Gasteiger charge is 2.95. The van der Waals surface area contributed by atoms with E-state index in [4.69, 9.17) is 9.84 Å². The minimum absolute atomic E-state index is 0.00301. The molecule has 0 aliphatic carbocycles. The summed E-state index contributed by atoms with van der Waals surface area (Å²) in [5.74, 6) is -56.9. The molecule has 0 aliphatic heterocycles. The Hall–Kier alpha value is -1.61. The van der Waals surface area contributed by atoms with Gasteiger partial charge in [-0.05, 0) is 32.1 Å². The molecule has 0 saturated heterocycles. The molecule has 0 amide bonds. The summed E-state index contributed by atoms with van der Waals surface area (Å²) in [6.07, 6.45) is -18.6. The third-order valence-electron chi connectivity index (χ3n) is 8.74. The van der Waals surface area contributed by atoms with Crippen LogP contribution in [0.15, 0.2) is 0 Å². The molecule has 0 aromatic rings. The summed E-state index contributed by atoms with van der Waals surface area (Å²) in [5.41, 5.74) is 0. The number of aldehydes is 1. The summed E-state index contributed by atoms with van der Waals surface area (Å²) in [4.78, 5) is 20.1. The second-order valence-corrected chi connectivity index (χ2v) is 14.9. The molecular weight excluding hydrogens is 886 g/mol. The van der Waals surface area contributed by atoms with Gasteiger partial charge >= 0.3 is 55.5 Å². The maximum Gasteiger partial charge on any atom is 0.472 e. The van der Waals surface area contributed by atoms with Crippen LogP contribution in [0.25, 0.3) is 0 Å². The van der Waals surface area contributed by atoms with E-state index in [1.54, 1.807) is 0 Å². The zero-order valence-corrected chi connectivity index (χ0v) is 31.8. The Bertz CT molecular complexity index is 1290. The number of ether oxygens (including phenoxy) is 1. The van der Waals surface area contributed by atoms with Gasteiger partial charge in [0.05, 0.1) is 19.3 Å². The number of alkyl halides is 17. The molecular formula is C31H46F17O10P. The van der Waals surface area contributed by atoms with Crippen LogP contribution in [0.1, 0.15) is 90.4 Å². The SMILES string of the molecule is CCCCCCCCCC(CCC(F)(F)C(F)(F)C(F)(F)C(F)(F)C(F)(F)C(F)(F)C(F)(F)C(F)(F)F)OCCCCCOP(=O)(O)OCC(O)C(O)C(O)C(O)C=O. The predicted octanol–water partition coefficient (Wildman–Crippen LogP) is 8.25. The number of carbonyl (C=O) groups is 1. The maximum atomic E-state index is 14.6. The molecule has 0 radical (unpaired) electrons. The second-order valence-electron chi connectivity index (χ2n) is 13.4. The van der Waals surface area contributed by atoms with Crippen LogP contribution in [0.4, 0.5) is 74.6 Å². The van der Waals surface area contributed by atoms with Crippen LogP contribution in [0.2, 0.25) is 0 Å². The summed E-state index contributed by atoms with van der Waals surface area (Å²) in [5, 5.41) is 38.0. The van der Waals surface area contributed by atoms with Gasteiger partial charge in [0, 0.05) is 13.0 Å². The van der Waals surface area contributed by atoms with Crippen molar-refractivity contribution >= 4 is 14.1 Å². The Balaban J connectivity index is 5.67. The van der Waals surface area contributed by atoms with Gasteiger partial charge in [0.1, 0.15) is 24.4 Å². The van der Waals surface area contributed by atoms with Gasteiger partial charge in [0.15, 0.2) is 6.29 Å². The van der Waals surface area contributed by atoms with Crippen molar-refractivity contribution in [3.05, 3.63) is 0 Å². The first-order chi connectivity index (χ1) is 26.6. The van der Waals surface area contributed by atoms with Gasteiger partial charge in [-0.2, -0.15) is 74.6 Å². The van der Waals surface area contributed by atoms with Crippen molar-refractivity contribution < 1.29 is 123 Å². The number of aliphatic hydroxyl groups excluding tert-OH is 4. The van der Waals surface area contributed by atoms with Crippen LogP contribution >= 0.6 is 7.82 Å². The second kappa shape index (κ2) is 22.7. The van der Waals surface area contributed by atoms with Crippen LogP contribution in [0, 0.1) is 0 Å². The average molecular weight is 933 g/mol. The minimum atomic E-state index is -8.71. The van der Waals surface area contributed by atoms with Gasteiger partial charge in [-0.1, -0.05) is 51.9 Å². The zero-order chi connectivity index (χ0) is 46.5. The Kier molecular flexibility index (Phi) is 22.0. The lowest BCUT2D eigenvalue weighted by molar-refractivity contribution is -0.461. The molecule has 0 heterocycles. The van der Waals surface area contributed by atoms with Gasteiger partial charge in [-0.25, -0.2) is 4.57 Å². The number of rotatable bonds is 32. The highest BCUT2D eigenvalue weighted by Crippen LogP contribution is 2.64. The molecule has 6 atom stereocenters. The molecule has 0 aliphatic rings. The van der Waals surface area contributed by atoms with Crippen molar-refractivity contribution in [2.75, 3.05) is 19.8 Å². The van der Waals surface area contributed by atoms with Crippen LogP contribution < -0.4 is 0 Å². The quantitative estimate of drug-likeness (QED) is 0.0192. The molecule has 0 aromatic carbocycles. The molecule has 6 unspecified atom stereocenters. The van der Waals surface area contributed by atoms with Crippen molar-refractivity contribution in [3.8, 4) is 0 Å². The fourth-order valence-electron chi connectivity index (χ4n) is 4.96. The van der Waals surface area contributed by atoms with Crippen molar-refractivity contribution in [3.63, 3.8) is 0 Å². The van der Waals surface area contributed by atoms with Crippen LogP contribution in [-0.2, 0) is 23.1 Å². The normalized spacial score (nSPS) is 17.9. The highest BCUT2D eigenvalue weighted by molar-refractivity contribution is 7.47. The minimum Gasteiger partial charge on any atom is -0.388 e. The molecule has 0 spiro atoms. The number of unbranched alkanes of at least 4 members (excludes halogenated alkanes) is 8. The Morgan fingerprint density at radius 3 is 1.49 bits per heavy atom. The number of phosphoric ester groups is 1. The zero-order valence-electron chi connectivity index (χ0n) is 30.9. The van der Waals surface area contributed by atoms with E-state index in [1.807, 2.05) is 6.92 Å². The van der Waals surface area contributed by atoms with E-state index in [9.17, 15) is 104 Å². The lowest BCUT2D eigenvalue weighted by Crippen LogP contribution is -2.74. The molecule has 0 bridgehead atoms. The predicted molar refractivity (Wildman–Crippen MR) is 168 cm³/mol. The first kappa shape index (κ1) is 57.4. The van der Waals surface area contributed by atoms with Gasteiger partial charge in [0.25, 0.3) is 0 Å². The largest absolute Gasteiger partial charge is 0.472 e. The molecule has 28 heteroatoms. The monoisotopic (exact) mass is 932 g/mol. The van der Waals surface area contributed by atoms with Crippen molar-refractivity contribution in [2.24, 2.45) is 0 Å². The maximum absolute atomic E-state index is 14.6. The van der Waals surface area contributed by atoms with Crippen molar-refractivity contribution in [2.45, 2.75) is 169 Å². The fourth-order valence-corrected chi connectivity index (χ4v) is 5.74. The third-order valence-corrected chi connectivity index (χ3v) is 9.72. The lowest BCUT2D eigenvalue weighted by Gasteiger charge is -2.43. The molecule has 0 rings (SSSR count). The van der Waals surface area contributed by atoms with Gasteiger partial charge < -0.3 is 34.9 Å². The van der Waals surface area contributed by atoms with Crippen LogP contribution in [0.3, 0.4) is 0 Å². The number of hydrogen-bond donors (Lipinski definition) is 5. The Morgan fingerprint density at radius 1 is 0.559 bits per heavy atom. The molecule has 5 N–H and O–H groups in total. The van der Waals surface area contributed by atoms with Gasteiger partial charge in [0.2, 0.25) is 0 Å². The number of phosphoric acid groups is 1. The number of halogens is 17. The van der Waals surface area contributed by atoms with E-state index in [0.29, 0.717) is 19.3 Å². The van der Waals surface area contributed by atoms with E-state index in [1.165, 1.54) is 0 Å². The van der Waals surface area contributed by atoms with E-state index in [0.717, 1.165) is 19.3 Å². The Morgan fingerprint density at radius 2 is 1.00 bits per heavy atom. The Labute approximate surface area is 326 Å². The fraction of sp³-hybridized carbons (Fsp3) is 0.968. The summed E-state index contributed by atoms with van der Waals surface area (Å²) in [6, 6.07) is 0. The lowest BCUT2D eigenvalue weighted by atomic mass is 9.87. The number of aliphatic hydroxyl groups is 4. The first-order valence-electron chi connectivity index (χ1n) is 17.7. The topological polar surface area (TPSA) is 163 Å². The van der Waals surface area contributed by atoms with E-state index >= 15 is 0 Å². The van der Waals surface area contributed by atoms with E-state index in [2.05, 4.69) is 9.05 Å². The third kappa shape index (κ3) is 14.5. The molecule has 10 nitrogen and oxygen atoms in total. The molecule has 0 saturated carbocycles. The molecule has 59 heavy (non-hydrogen) atoms. The van der Waals surface area contributed by atoms with Crippen molar-refractivity contribution in [1.29, 1.82) is 0 Å². The average Bonchev–Trinajstić information content (AvgIpc) is 3.12. The summed E-state index contributed by atoms with van der Waals surface area (Å²) >= 11 is 0. The summed E-state index contributed by atoms with van der Waals surface area (Å²) in [6.45, 7) is -0.279. The van der Waals surface area contributed by atoms with Crippen LogP contribution in [-0.4, -0.2) is 130 Å². The highest BCUT2D eigenvalue weighted by atomic mass is 31.2. The number of carbonyl (C=O) groups excluding carboxylic acids is 1. The smallest absolute Gasteiger partial charge is 0.388 e. The van der Waals surface area contributed by atoms with Gasteiger partial charge in [-0.3, -0.25) is 9.05 Å². The summed E-state index contributed by atoms with van der Waals surface area (Å²) in [7, 11) is -4.94. The van der Waals surface area contributed by atoms with E-state index in [-0.39, 0.29) is 38.4 Å². The first-order valence-corrected chi connectivity index (χ1v) is 19.2. The standard InChI is InChI=1S/C31H46F17O10P/c1-2-3-4-5-6-7-9-12-19(56-15-10-8-11-16-57-59(54,55)58-18-21(51)23(53)22(52)20(50)17-49)13-14-24(32,33)25(34,35)26(36,37)27(38,39)28(40,41)29(42,43)30(44,45)31(46,47)48/h17,19-23,50-53H,2-16,18H2,1H3,(H,54,55). The van der Waals surface area contributed by atoms with Crippen molar-refractivity contribution in [1.82, 2.24) is 0 Å². The van der Waals surface area contributed by atoms with Gasteiger partial charge in [-0.15, -0.1) is 0 Å². The molecule has 0 fully saturated rings. The van der Waals surface area contributed by atoms with E-state index < -0.39 is 119 Å². The summed E-state index contributed by atoms with van der Waals surface area (Å²) < 4.78 is 259. The van der Waals surface area contributed by atoms with Crippen LogP contribution in [0.5, 0.6) is 0 Å². The molecule has 354 valence electrons.